The molecule has 2 aliphatic heterocycles. The SMILES string of the molecule is C=C1C(=O)O[C@H]2/C=C(/C)[C@H](OC(C)=O)C[C@@H]3O[C@]3(C)C[C@@H](OC(=O)/C(C)=C\CO)[C@@H]12. The van der Waals surface area contributed by atoms with Gasteiger partial charge in [0.15, 0.2) is 0 Å². The van der Waals surface area contributed by atoms with Crippen LogP contribution in [0, 0.1) is 5.92 Å². The van der Waals surface area contributed by atoms with Crippen LogP contribution in [-0.2, 0) is 33.3 Å². The van der Waals surface area contributed by atoms with Crippen molar-refractivity contribution in [1.82, 2.24) is 0 Å². The van der Waals surface area contributed by atoms with E-state index in [9.17, 15) is 14.4 Å². The molecule has 0 radical (unpaired) electrons. The number of carbonyl (C=O) groups excluding carboxylic acids is 3. The van der Waals surface area contributed by atoms with E-state index in [1.165, 1.54) is 13.0 Å². The van der Waals surface area contributed by atoms with Gasteiger partial charge in [-0.3, -0.25) is 4.79 Å². The van der Waals surface area contributed by atoms with E-state index in [1.807, 2.05) is 6.92 Å². The summed E-state index contributed by atoms with van der Waals surface area (Å²) in [6.07, 6.45) is 1.75. The first-order valence-electron chi connectivity index (χ1n) is 9.97. The number of esters is 3. The second-order valence-electron chi connectivity index (χ2n) is 8.30. The zero-order valence-corrected chi connectivity index (χ0v) is 17.7. The molecule has 0 spiro atoms. The molecule has 0 saturated carbocycles. The van der Waals surface area contributed by atoms with Crippen molar-refractivity contribution in [2.24, 2.45) is 5.92 Å². The van der Waals surface area contributed by atoms with Crippen LogP contribution < -0.4 is 0 Å². The summed E-state index contributed by atoms with van der Waals surface area (Å²) in [7, 11) is 0. The van der Waals surface area contributed by atoms with Crippen LogP contribution in [0.5, 0.6) is 0 Å². The molecule has 1 aliphatic carbocycles. The highest BCUT2D eigenvalue weighted by Crippen LogP contribution is 2.48. The van der Waals surface area contributed by atoms with Crippen molar-refractivity contribution in [1.29, 1.82) is 0 Å². The predicted octanol–water partition coefficient (Wildman–Crippen LogP) is 1.76. The fourth-order valence-electron chi connectivity index (χ4n) is 4.13. The molecular formula is C22H28O8. The molecule has 3 aliphatic rings. The first-order valence-corrected chi connectivity index (χ1v) is 9.97. The summed E-state index contributed by atoms with van der Waals surface area (Å²) in [6.45, 7) is 10.2. The minimum atomic E-state index is -0.715. The fourth-order valence-corrected chi connectivity index (χ4v) is 4.13. The third kappa shape index (κ3) is 4.49. The van der Waals surface area contributed by atoms with Crippen LogP contribution in [0.15, 0.2) is 35.5 Å². The van der Waals surface area contributed by atoms with Crippen LogP contribution in [0.3, 0.4) is 0 Å². The Labute approximate surface area is 175 Å². The normalized spacial score (nSPS) is 37.8. The Morgan fingerprint density at radius 1 is 1.37 bits per heavy atom. The molecule has 0 unspecified atom stereocenters. The van der Waals surface area contributed by atoms with Crippen LogP contribution in [-0.4, -0.2) is 59.6 Å². The van der Waals surface area contributed by atoms with Crippen LogP contribution in [0.1, 0.15) is 40.5 Å². The number of fused-ring (bicyclic) bond motifs is 2. The van der Waals surface area contributed by atoms with E-state index in [0.717, 1.165) is 5.57 Å². The molecule has 164 valence electrons. The molecule has 8 nitrogen and oxygen atoms in total. The summed E-state index contributed by atoms with van der Waals surface area (Å²) in [5.74, 6) is -2.15. The molecule has 2 saturated heterocycles. The summed E-state index contributed by atoms with van der Waals surface area (Å²) in [5, 5.41) is 9.05. The smallest absolute Gasteiger partial charge is 0.334 e. The second-order valence-corrected chi connectivity index (χ2v) is 8.30. The minimum absolute atomic E-state index is 0.191. The van der Waals surface area contributed by atoms with E-state index in [4.69, 9.17) is 24.1 Å². The molecule has 2 fully saturated rings. The van der Waals surface area contributed by atoms with Crippen LogP contribution in [0.4, 0.5) is 0 Å². The highest BCUT2D eigenvalue weighted by Gasteiger charge is 2.58. The number of hydrogen-bond donors (Lipinski definition) is 1. The lowest BCUT2D eigenvalue weighted by Crippen LogP contribution is -2.38. The summed E-state index contributed by atoms with van der Waals surface area (Å²) in [6, 6.07) is 0. The lowest BCUT2D eigenvalue weighted by molar-refractivity contribution is -0.149. The largest absolute Gasteiger partial charge is 0.458 e. The van der Waals surface area contributed by atoms with Gasteiger partial charge in [-0.2, -0.15) is 0 Å². The highest BCUT2D eigenvalue weighted by molar-refractivity contribution is 5.92. The van der Waals surface area contributed by atoms with Crippen LogP contribution >= 0.6 is 0 Å². The number of aliphatic hydroxyl groups excluding tert-OH is 1. The molecule has 0 aromatic heterocycles. The molecule has 2 heterocycles. The molecule has 30 heavy (non-hydrogen) atoms. The van der Waals surface area contributed by atoms with Gasteiger partial charge in [-0.25, -0.2) is 9.59 Å². The van der Waals surface area contributed by atoms with Gasteiger partial charge in [0, 0.05) is 30.9 Å². The Bertz CT molecular complexity index is 825. The van der Waals surface area contributed by atoms with Crippen LogP contribution in [0.2, 0.25) is 0 Å². The Kier molecular flexibility index (Phi) is 6.19. The molecule has 0 aromatic carbocycles. The van der Waals surface area contributed by atoms with E-state index < -0.39 is 47.7 Å². The van der Waals surface area contributed by atoms with Gasteiger partial charge >= 0.3 is 17.9 Å². The van der Waals surface area contributed by atoms with E-state index in [0.29, 0.717) is 12.8 Å². The quantitative estimate of drug-likeness (QED) is 0.241. The van der Waals surface area contributed by atoms with Gasteiger partial charge in [0.1, 0.15) is 18.3 Å². The number of ether oxygens (including phenoxy) is 4. The Morgan fingerprint density at radius 3 is 2.70 bits per heavy atom. The topological polar surface area (TPSA) is 112 Å². The predicted molar refractivity (Wildman–Crippen MR) is 105 cm³/mol. The van der Waals surface area contributed by atoms with E-state index in [1.54, 1.807) is 19.9 Å². The van der Waals surface area contributed by atoms with Crippen molar-refractivity contribution >= 4 is 17.9 Å². The van der Waals surface area contributed by atoms with Crippen molar-refractivity contribution in [3.8, 4) is 0 Å². The summed E-state index contributed by atoms with van der Waals surface area (Å²) < 4.78 is 22.6. The maximum atomic E-state index is 12.5. The van der Waals surface area contributed by atoms with Crippen molar-refractivity contribution in [2.75, 3.05) is 6.61 Å². The first kappa shape index (κ1) is 22.2. The minimum Gasteiger partial charge on any atom is -0.458 e. The monoisotopic (exact) mass is 420 g/mol. The van der Waals surface area contributed by atoms with E-state index in [-0.39, 0.29) is 23.9 Å². The number of carbonyl (C=O) groups is 3. The maximum absolute atomic E-state index is 12.5. The van der Waals surface area contributed by atoms with Gasteiger partial charge in [-0.05, 0) is 38.5 Å². The third-order valence-electron chi connectivity index (χ3n) is 5.95. The molecular weight excluding hydrogens is 392 g/mol. The molecule has 6 atom stereocenters. The van der Waals surface area contributed by atoms with Gasteiger partial charge in [-0.1, -0.05) is 6.58 Å². The molecule has 0 aromatic rings. The highest BCUT2D eigenvalue weighted by atomic mass is 16.6. The molecule has 3 rings (SSSR count). The average Bonchev–Trinajstić information content (AvgIpc) is 3.18. The lowest BCUT2D eigenvalue weighted by Gasteiger charge is -2.29. The zero-order valence-electron chi connectivity index (χ0n) is 17.7. The van der Waals surface area contributed by atoms with Gasteiger partial charge in [-0.15, -0.1) is 0 Å². The molecule has 8 heteroatoms. The molecule has 0 amide bonds. The van der Waals surface area contributed by atoms with Crippen molar-refractivity contribution < 1.29 is 38.4 Å². The molecule has 1 N–H and O–H groups in total. The average molecular weight is 420 g/mol. The first-order chi connectivity index (χ1) is 14.1. The van der Waals surface area contributed by atoms with E-state index >= 15 is 0 Å². The summed E-state index contributed by atoms with van der Waals surface area (Å²) in [5.41, 5.74) is 0.605. The van der Waals surface area contributed by atoms with Crippen molar-refractivity contribution in [3.63, 3.8) is 0 Å². The number of epoxide rings is 1. The Morgan fingerprint density at radius 2 is 2.07 bits per heavy atom. The number of aliphatic hydroxyl groups is 1. The van der Waals surface area contributed by atoms with Crippen LogP contribution in [0.25, 0.3) is 0 Å². The van der Waals surface area contributed by atoms with Gasteiger partial charge in [0.2, 0.25) is 0 Å². The fraction of sp³-hybridized carbons (Fsp3) is 0.591. The molecule has 0 bridgehead atoms. The van der Waals surface area contributed by atoms with Gasteiger partial charge < -0.3 is 24.1 Å². The number of rotatable bonds is 4. The zero-order chi connectivity index (χ0) is 22.2. The Hall–Kier alpha value is -2.45. The summed E-state index contributed by atoms with van der Waals surface area (Å²) >= 11 is 0. The van der Waals surface area contributed by atoms with Crippen molar-refractivity contribution in [2.45, 2.75) is 70.6 Å². The van der Waals surface area contributed by atoms with Crippen molar-refractivity contribution in [3.05, 3.63) is 35.5 Å². The third-order valence-corrected chi connectivity index (χ3v) is 5.95. The van der Waals surface area contributed by atoms with E-state index in [2.05, 4.69) is 6.58 Å². The van der Waals surface area contributed by atoms with Gasteiger partial charge in [0.05, 0.1) is 24.2 Å². The lowest BCUT2D eigenvalue weighted by atomic mass is 9.82. The summed E-state index contributed by atoms with van der Waals surface area (Å²) in [4.78, 5) is 36.4. The Balaban J connectivity index is 1.97. The van der Waals surface area contributed by atoms with Gasteiger partial charge in [0.25, 0.3) is 0 Å². The standard InChI is InChI=1S/C22H28O8/c1-11(6-7-23)20(25)29-17-10-22(5)18(30-22)9-15(27-14(4)24)12(2)8-16-19(17)13(3)21(26)28-16/h6,8,15-19,23H,3,7,9-10H2,1-2,4-5H3/b11-6-,12-8-/t15-,16+,17-,18+,19+,22-/m1/s1. The maximum Gasteiger partial charge on any atom is 0.334 e. The second kappa shape index (κ2) is 8.35. The number of hydrogen-bond acceptors (Lipinski definition) is 8.